The van der Waals surface area contributed by atoms with Gasteiger partial charge < -0.3 is 10.1 Å². The number of nitrogens with one attached hydrogen (secondary N) is 1. The zero-order valence-corrected chi connectivity index (χ0v) is 12.2. The van der Waals surface area contributed by atoms with Crippen LogP contribution in [0.5, 0.6) is 5.75 Å². The number of benzene rings is 2. The number of hydrogen-bond acceptors (Lipinski definition) is 2. The molecule has 0 unspecified atom stereocenters. The van der Waals surface area contributed by atoms with Crippen molar-refractivity contribution >= 4 is 5.91 Å². The molecule has 0 bridgehead atoms. The highest BCUT2D eigenvalue weighted by atomic mass is 19.1. The standard InChI is InChI=1S/C17H17F2NO2/c1-12-5-2-3-6-16(12)22-10-4-9-20-17(21)14-11-13(18)7-8-15(14)19/h2-3,5-8,11H,4,9-10H2,1H3,(H,20,21). The lowest BCUT2D eigenvalue weighted by Gasteiger charge is -2.09. The van der Waals surface area contributed by atoms with Crippen molar-refractivity contribution in [3.05, 3.63) is 65.2 Å². The highest BCUT2D eigenvalue weighted by Crippen LogP contribution is 2.16. The van der Waals surface area contributed by atoms with Gasteiger partial charge in [0.2, 0.25) is 0 Å². The van der Waals surface area contributed by atoms with Crippen molar-refractivity contribution in [1.29, 1.82) is 0 Å². The smallest absolute Gasteiger partial charge is 0.254 e. The Morgan fingerprint density at radius 3 is 2.73 bits per heavy atom. The first-order valence-electron chi connectivity index (χ1n) is 6.99. The highest BCUT2D eigenvalue weighted by Gasteiger charge is 2.12. The van der Waals surface area contributed by atoms with Gasteiger partial charge in [0.15, 0.2) is 0 Å². The van der Waals surface area contributed by atoms with E-state index < -0.39 is 17.5 Å². The number of halogens is 2. The predicted molar refractivity (Wildman–Crippen MR) is 80.0 cm³/mol. The van der Waals surface area contributed by atoms with Gasteiger partial charge in [-0.25, -0.2) is 8.78 Å². The number of hydrogen-bond donors (Lipinski definition) is 1. The normalized spacial score (nSPS) is 10.3. The molecule has 0 atom stereocenters. The van der Waals surface area contributed by atoms with E-state index >= 15 is 0 Å². The SMILES string of the molecule is Cc1ccccc1OCCCNC(=O)c1cc(F)ccc1F. The molecule has 0 aliphatic rings. The minimum atomic E-state index is -0.741. The van der Waals surface area contributed by atoms with E-state index in [9.17, 15) is 13.6 Å². The second kappa shape index (κ2) is 7.54. The molecule has 116 valence electrons. The third-order valence-electron chi connectivity index (χ3n) is 3.13. The molecule has 0 heterocycles. The molecule has 0 aliphatic heterocycles. The second-order valence-electron chi connectivity index (χ2n) is 4.85. The van der Waals surface area contributed by atoms with Gasteiger partial charge in [0, 0.05) is 6.54 Å². The molecule has 0 spiro atoms. The van der Waals surface area contributed by atoms with Gasteiger partial charge in [0.25, 0.3) is 5.91 Å². The molecule has 0 aliphatic carbocycles. The summed E-state index contributed by atoms with van der Waals surface area (Å²) >= 11 is 0. The monoisotopic (exact) mass is 305 g/mol. The Kier molecular flexibility index (Phi) is 5.47. The van der Waals surface area contributed by atoms with Crippen LogP contribution in [0.1, 0.15) is 22.3 Å². The van der Waals surface area contributed by atoms with E-state index in [1.54, 1.807) is 0 Å². The zero-order chi connectivity index (χ0) is 15.9. The molecule has 1 amide bonds. The van der Waals surface area contributed by atoms with E-state index in [1.807, 2.05) is 31.2 Å². The highest BCUT2D eigenvalue weighted by molar-refractivity contribution is 5.94. The van der Waals surface area contributed by atoms with Crippen molar-refractivity contribution in [2.45, 2.75) is 13.3 Å². The molecule has 0 fully saturated rings. The van der Waals surface area contributed by atoms with E-state index in [2.05, 4.69) is 5.32 Å². The molecule has 0 radical (unpaired) electrons. The van der Waals surface area contributed by atoms with Crippen molar-refractivity contribution in [2.75, 3.05) is 13.2 Å². The molecule has 2 aromatic rings. The van der Waals surface area contributed by atoms with Crippen LogP contribution in [0.3, 0.4) is 0 Å². The molecule has 0 saturated carbocycles. The van der Waals surface area contributed by atoms with Gasteiger partial charge in [-0.3, -0.25) is 4.79 Å². The molecule has 1 N–H and O–H groups in total. The zero-order valence-electron chi connectivity index (χ0n) is 12.2. The summed E-state index contributed by atoms with van der Waals surface area (Å²) in [6.45, 7) is 2.70. The first-order valence-corrected chi connectivity index (χ1v) is 6.99. The van der Waals surface area contributed by atoms with Gasteiger partial charge in [0.1, 0.15) is 17.4 Å². The van der Waals surface area contributed by atoms with Crippen LogP contribution < -0.4 is 10.1 Å². The molecule has 22 heavy (non-hydrogen) atoms. The maximum atomic E-state index is 13.4. The topological polar surface area (TPSA) is 38.3 Å². The van der Waals surface area contributed by atoms with Crippen molar-refractivity contribution in [2.24, 2.45) is 0 Å². The quantitative estimate of drug-likeness (QED) is 0.830. The molecule has 2 aromatic carbocycles. The first kappa shape index (κ1) is 15.9. The largest absolute Gasteiger partial charge is 0.493 e. The Labute approximate surface area is 127 Å². The number of carbonyl (C=O) groups excluding carboxylic acids is 1. The van der Waals surface area contributed by atoms with Crippen LogP contribution in [0.4, 0.5) is 8.78 Å². The van der Waals surface area contributed by atoms with Crippen LogP contribution >= 0.6 is 0 Å². The van der Waals surface area contributed by atoms with E-state index in [4.69, 9.17) is 4.74 Å². The van der Waals surface area contributed by atoms with Crippen molar-refractivity contribution in [3.8, 4) is 5.75 Å². The molecular weight excluding hydrogens is 288 g/mol. The number of para-hydroxylation sites is 1. The van der Waals surface area contributed by atoms with Gasteiger partial charge in [-0.05, 0) is 43.2 Å². The lowest BCUT2D eigenvalue weighted by molar-refractivity contribution is 0.0947. The van der Waals surface area contributed by atoms with Crippen LogP contribution in [0.25, 0.3) is 0 Å². The Balaban J connectivity index is 1.76. The molecule has 0 aromatic heterocycles. The number of aryl methyl sites for hydroxylation is 1. The first-order chi connectivity index (χ1) is 10.6. The van der Waals surface area contributed by atoms with Gasteiger partial charge in [-0.2, -0.15) is 0 Å². The molecule has 2 rings (SSSR count). The van der Waals surface area contributed by atoms with Crippen LogP contribution in [-0.2, 0) is 0 Å². The minimum absolute atomic E-state index is 0.292. The maximum absolute atomic E-state index is 13.4. The van der Waals surface area contributed by atoms with Crippen LogP contribution in [0.2, 0.25) is 0 Å². The number of ether oxygens (including phenoxy) is 1. The molecular formula is C17H17F2NO2. The number of amides is 1. The summed E-state index contributed by atoms with van der Waals surface area (Å²) in [6.07, 6.45) is 0.566. The summed E-state index contributed by atoms with van der Waals surface area (Å²) in [5.41, 5.74) is 0.744. The van der Waals surface area contributed by atoms with Crippen LogP contribution in [0, 0.1) is 18.6 Å². The summed E-state index contributed by atoms with van der Waals surface area (Å²) in [6, 6.07) is 10.4. The average Bonchev–Trinajstić information content (AvgIpc) is 2.51. The number of rotatable bonds is 6. The van der Waals surface area contributed by atoms with E-state index in [1.165, 1.54) is 0 Å². The number of carbonyl (C=O) groups is 1. The second-order valence-corrected chi connectivity index (χ2v) is 4.85. The van der Waals surface area contributed by atoms with E-state index in [0.717, 1.165) is 29.5 Å². The van der Waals surface area contributed by atoms with Gasteiger partial charge in [-0.1, -0.05) is 18.2 Å². The van der Waals surface area contributed by atoms with Crippen molar-refractivity contribution < 1.29 is 18.3 Å². The fraction of sp³-hybridized carbons (Fsp3) is 0.235. The molecule has 3 nitrogen and oxygen atoms in total. The summed E-state index contributed by atoms with van der Waals surface area (Å²) in [4.78, 5) is 11.7. The average molecular weight is 305 g/mol. The Morgan fingerprint density at radius 1 is 1.18 bits per heavy atom. The van der Waals surface area contributed by atoms with Gasteiger partial charge in [0.05, 0.1) is 12.2 Å². The summed E-state index contributed by atoms with van der Waals surface area (Å²) in [5, 5.41) is 2.54. The fourth-order valence-electron chi connectivity index (χ4n) is 1.94. The minimum Gasteiger partial charge on any atom is -0.493 e. The summed E-state index contributed by atoms with van der Waals surface area (Å²) in [7, 11) is 0. The van der Waals surface area contributed by atoms with Gasteiger partial charge in [-0.15, -0.1) is 0 Å². The summed E-state index contributed by atoms with van der Waals surface area (Å²) in [5.74, 6) is -1.22. The molecule has 0 saturated heterocycles. The van der Waals surface area contributed by atoms with E-state index in [-0.39, 0.29) is 5.56 Å². The van der Waals surface area contributed by atoms with Crippen molar-refractivity contribution in [1.82, 2.24) is 5.32 Å². The third kappa shape index (κ3) is 4.28. The van der Waals surface area contributed by atoms with Crippen LogP contribution in [0.15, 0.2) is 42.5 Å². The van der Waals surface area contributed by atoms with Crippen LogP contribution in [-0.4, -0.2) is 19.1 Å². The Bertz CT molecular complexity index is 659. The van der Waals surface area contributed by atoms with E-state index in [0.29, 0.717) is 19.6 Å². The lowest BCUT2D eigenvalue weighted by atomic mass is 10.2. The lowest BCUT2D eigenvalue weighted by Crippen LogP contribution is -2.26. The predicted octanol–water partition coefficient (Wildman–Crippen LogP) is 3.47. The Hall–Kier alpha value is -2.43. The Morgan fingerprint density at radius 2 is 1.95 bits per heavy atom. The third-order valence-corrected chi connectivity index (χ3v) is 3.13. The fourth-order valence-corrected chi connectivity index (χ4v) is 1.94. The van der Waals surface area contributed by atoms with Crippen molar-refractivity contribution in [3.63, 3.8) is 0 Å². The van der Waals surface area contributed by atoms with Gasteiger partial charge >= 0.3 is 0 Å². The summed E-state index contributed by atoms with van der Waals surface area (Å²) < 4.78 is 32.0. The molecule has 5 heteroatoms. The maximum Gasteiger partial charge on any atom is 0.254 e.